The average molecular weight is 317 g/mol. The molecule has 0 bridgehead atoms. The van der Waals surface area contributed by atoms with Crippen LogP contribution in [0.4, 0.5) is 5.95 Å². The third-order valence-electron chi connectivity index (χ3n) is 2.63. The minimum atomic E-state index is 0.394. The molecule has 96 valence electrons. The molecule has 0 spiro atoms. The Morgan fingerprint density at radius 2 is 1.95 bits per heavy atom. The molecule has 0 aliphatic rings. The second-order valence-electron chi connectivity index (χ2n) is 4.29. The molecule has 0 saturated carbocycles. The number of rotatable bonds is 3. The molecular weight excluding hydrogens is 304 g/mol. The van der Waals surface area contributed by atoms with E-state index in [1.165, 1.54) is 0 Å². The van der Waals surface area contributed by atoms with Gasteiger partial charge in [-0.25, -0.2) is 9.97 Å². The maximum absolute atomic E-state index is 8.92. The average Bonchev–Trinajstić information content (AvgIpc) is 2.40. The van der Waals surface area contributed by atoms with Gasteiger partial charge in [0.2, 0.25) is 5.95 Å². The number of aryl methyl sites for hydroxylation is 1. The predicted octanol–water partition coefficient (Wildman–Crippen LogP) is 3.06. The molecule has 0 aliphatic carbocycles. The smallest absolute Gasteiger partial charge is 0.226 e. The fraction of sp³-hybridized carbons (Fsp3) is 0.214. The highest BCUT2D eigenvalue weighted by Crippen LogP contribution is 2.15. The van der Waals surface area contributed by atoms with Crippen LogP contribution in [0.3, 0.4) is 0 Å². The van der Waals surface area contributed by atoms with Crippen LogP contribution < -0.4 is 4.90 Å². The fourth-order valence-corrected chi connectivity index (χ4v) is 1.98. The summed E-state index contributed by atoms with van der Waals surface area (Å²) in [6.07, 6.45) is 0. The van der Waals surface area contributed by atoms with Crippen LogP contribution in [0.15, 0.2) is 34.8 Å². The van der Waals surface area contributed by atoms with Crippen molar-refractivity contribution in [3.63, 3.8) is 0 Å². The van der Waals surface area contributed by atoms with E-state index < -0.39 is 0 Å². The third-order valence-corrected chi connectivity index (χ3v) is 3.16. The Morgan fingerprint density at radius 1 is 1.26 bits per heavy atom. The number of nitrogens with zero attached hydrogens (tertiary/aromatic N) is 4. The zero-order chi connectivity index (χ0) is 13.8. The SMILES string of the molecule is Cc1cc(C#N)nc(N(C)Cc2ccc(Br)cc2)n1. The van der Waals surface area contributed by atoms with Crippen molar-refractivity contribution < 1.29 is 0 Å². The highest BCUT2D eigenvalue weighted by molar-refractivity contribution is 9.10. The molecule has 0 amide bonds. The summed E-state index contributed by atoms with van der Waals surface area (Å²) in [5.41, 5.74) is 2.35. The van der Waals surface area contributed by atoms with Gasteiger partial charge in [0.05, 0.1) is 0 Å². The van der Waals surface area contributed by atoms with Crippen molar-refractivity contribution in [3.05, 3.63) is 51.8 Å². The molecule has 0 N–H and O–H groups in total. The lowest BCUT2D eigenvalue weighted by Crippen LogP contribution is -2.19. The summed E-state index contributed by atoms with van der Waals surface area (Å²) in [5.74, 6) is 0.569. The molecule has 0 aliphatic heterocycles. The predicted molar refractivity (Wildman–Crippen MR) is 77.7 cm³/mol. The monoisotopic (exact) mass is 316 g/mol. The molecule has 0 radical (unpaired) electrons. The molecule has 5 heteroatoms. The van der Waals surface area contributed by atoms with Crippen molar-refractivity contribution in [2.45, 2.75) is 13.5 Å². The summed E-state index contributed by atoms with van der Waals surface area (Å²) in [6, 6.07) is 11.8. The number of halogens is 1. The van der Waals surface area contributed by atoms with Crippen molar-refractivity contribution in [3.8, 4) is 6.07 Å². The molecular formula is C14H13BrN4. The van der Waals surface area contributed by atoms with Crippen molar-refractivity contribution >= 4 is 21.9 Å². The molecule has 1 aromatic carbocycles. The van der Waals surface area contributed by atoms with E-state index in [-0.39, 0.29) is 0 Å². The normalized spacial score (nSPS) is 10.0. The van der Waals surface area contributed by atoms with Crippen molar-refractivity contribution in [2.24, 2.45) is 0 Å². The first kappa shape index (κ1) is 13.5. The lowest BCUT2D eigenvalue weighted by Gasteiger charge is -2.17. The Kier molecular flexibility index (Phi) is 4.13. The van der Waals surface area contributed by atoms with Crippen molar-refractivity contribution in [1.82, 2.24) is 9.97 Å². The number of anilines is 1. The van der Waals surface area contributed by atoms with Gasteiger partial charge >= 0.3 is 0 Å². The third kappa shape index (κ3) is 3.52. The van der Waals surface area contributed by atoms with Crippen molar-refractivity contribution in [1.29, 1.82) is 5.26 Å². The Bertz CT molecular complexity index is 616. The van der Waals surface area contributed by atoms with Gasteiger partial charge in [0.1, 0.15) is 11.8 Å². The van der Waals surface area contributed by atoms with Gasteiger partial charge in [-0.05, 0) is 30.7 Å². The fourth-order valence-electron chi connectivity index (χ4n) is 1.72. The van der Waals surface area contributed by atoms with Crippen LogP contribution in [0.25, 0.3) is 0 Å². The summed E-state index contributed by atoms with van der Waals surface area (Å²) in [5, 5.41) is 8.92. The van der Waals surface area contributed by atoms with Gasteiger partial charge in [-0.15, -0.1) is 0 Å². The standard InChI is InChI=1S/C14H13BrN4/c1-10-7-13(8-16)18-14(17-10)19(2)9-11-3-5-12(15)6-4-11/h3-7H,9H2,1-2H3. The minimum absolute atomic E-state index is 0.394. The quantitative estimate of drug-likeness (QED) is 0.873. The van der Waals surface area contributed by atoms with E-state index in [0.29, 0.717) is 18.2 Å². The largest absolute Gasteiger partial charge is 0.340 e. The first-order valence-electron chi connectivity index (χ1n) is 5.80. The molecule has 1 aromatic heterocycles. The van der Waals surface area contributed by atoms with Crippen LogP contribution in [0.1, 0.15) is 17.0 Å². The summed E-state index contributed by atoms with van der Waals surface area (Å²) >= 11 is 3.41. The molecule has 0 atom stereocenters. The Hall–Kier alpha value is -1.93. The number of nitriles is 1. The van der Waals surface area contributed by atoms with Gasteiger partial charge in [0, 0.05) is 23.8 Å². The van der Waals surface area contributed by atoms with Crippen LogP contribution >= 0.6 is 15.9 Å². The van der Waals surface area contributed by atoms with Gasteiger partial charge in [0.15, 0.2) is 0 Å². The number of hydrogen-bond donors (Lipinski definition) is 0. The van der Waals surface area contributed by atoms with Crippen LogP contribution in [-0.4, -0.2) is 17.0 Å². The summed E-state index contributed by atoms with van der Waals surface area (Å²) < 4.78 is 1.05. The molecule has 2 rings (SSSR count). The molecule has 0 unspecified atom stereocenters. The van der Waals surface area contributed by atoms with Crippen LogP contribution in [0.5, 0.6) is 0 Å². The zero-order valence-electron chi connectivity index (χ0n) is 10.8. The number of benzene rings is 1. The minimum Gasteiger partial charge on any atom is -0.340 e. The molecule has 19 heavy (non-hydrogen) atoms. The van der Waals surface area contributed by atoms with E-state index in [4.69, 9.17) is 5.26 Å². The first-order valence-corrected chi connectivity index (χ1v) is 6.59. The molecule has 0 saturated heterocycles. The maximum atomic E-state index is 8.92. The van der Waals surface area contributed by atoms with Gasteiger partial charge in [-0.3, -0.25) is 0 Å². The van der Waals surface area contributed by atoms with E-state index in [0.717, 1.165) is 15.7 Å². The second kappa shape index (κ2) is 5.81. The van der Waals surface area contributed by atoms with Crippen molar-refractivity contribution in [2.75, 3.05) is 11.9 Å². The topological polar surface area (TPSA) is 52.8 Å². The van der Waals surface area contributed by atoms with Crippen LogP contribution in [-0.2, 0) is 6.54 Å². The lowest BCUT2D eigenvalue weighted by atomic mass is 10.2. The Balaban J connectivity index is 2.20. The van der Waals surface area contributed by atoms with E-state index in [9.17, 15) is 0 Å². The highest BCUT2D eigenvalue weighted by atomic mass is 79.9. The van der Waals surface area contributed by atoms with E-state index in [1.54, 1.807) is 6.07 Å². The van der Waals surface area contributed by atoms with E-state index in [1.807, 2.05) is 43.1 Å². The summed E-state index contributed by atoms with van der Waals surface area (Å²) in [4.78, 5) is 10.5. The lowest BCUT2D eigenvalue weighted by molar-refractivity contribution is 0.856. The maximum Gasteiger partial charge on any atom is 0.226 e. The number of hydrogen-bond acceptors (Lipinski definition) is 4. The van der Waals surface area contributed by atoms with E-state index in [2.05, 4.69) is 32.0 Å². The van der Waals surface area contributed by atoms with Gasteiger partial charge in [0.25, 0.3) is 0 Å². The Morgan fingerprint density at radius 3 is 2.58 bits per heavy atom. The zero-order valence-corrected chi connectivity index (χ0v) is 12.3. The Labute approximate surface area is 120 Å². The molecule has 0 fully saturated rings. The van der Waals surface area contributed by atoms with Gasteiger partial charge in [-0.2, -0.15) is 5.26 Å². The summed E-state index contributed by atoms with van der Waals surface area (Å²) in [6.45, 7) is 2.56. The first-order chi connectivity index (χ1) is 9.08. The molecule has 4 nitrogen and oxygen atoms in total. The van der Waals surface area contributed by atoms with Crippen LogP contribution in [0.2, 0.25) is 0 Å². The number of aromatic nitrogens is 2. The van der Waals surface area contributed by atoms with Crippen LogP contribution in [0, 0.1) is 18.3 Å². The van der Waals surface area contributed by atoms with E-state index >= 15 is 0 Å². The molecule has 1 heterocycles. The highest BCUT2D eigenvalue weighted by Gasteiger charge is 2.07. The van der Waals surface area contributed by atoms with Gasteiger partial charge in [-0.1, -0.05) is 28.1 Å². The second-order valence-corrected chi connectivity index (χ2v) is 5.20. The summed E-state index contributed by atoms with van der Waals surface area (Å²) in [7, 11) is 1.91. The molecule has 2 aromatic rings. The van der Waals surface area contributed by atoms with Gasteiger partial charge < -0.3 is 4.90 Å².